The lowest BCUT2D eigenvalue weighted by Gasteiger charge is -2.37. The maximum Gasteiger partial charge on any atom is 0.0655 e. The van der Waals surface area contributed by atoms with Crippen LogP contribution in [0.3, 0.4) is 0 Å². The first-order valence-corrected chi connectivity index (χ1v) is 13.4. The van der Waals surface area contributed by atoms with Crippen LogP contribution in [0.25, 0.3) is 0 Å². The van der Waals surface area contributed by atoms with Gasteiger partial charge < -0.3 is 5.73 Å². The van der Waals surface area contributed by atoms with Crippen molar-refractivity contribution >= 4 is 0 Å². The Morgan fingerprint density at radius 1 is 0.938 bits per heavy atom. The summed E-state index contributed by atoms with van der Waals surface area (Å²) in [6.07, 6.45) is 26.8. The van der Waals surface area contributed by atoms with Crippen LogP contribution < -0.4 is 16.4 Å². The molecule has 4 unspecified atom stereocenters. The van der Waals surface area contributed by atoms with E-state index in [0.29, 0.717) is 17.8 Å². The summed E-state index contributed by atoms with van der Waals surface area (Å²) in [4.78, 5) is 0. The van der Waals surface area contributed by atoms with Crippen LogP contribution in [0.15, 0.2) is 35.5 Å². The minimum atomic E-state index is 0.0596. The van der Waals surface area contributed by atoms with Gasteiger partial charge in [-0.15, -0.1) is 0 Å². The van der Waals surface area contributed by atoms with Gasteiger partial charge in [-0.1, -0.05) is 35.5 Å². The number of rotatable bonds is 8. The minimum absolute atomic E-state index is 0.0596. The average molecular weight is 437 g/mol. The van der Waals surface area contributed by atoms with E-state index < -0.39 is 0 Å². The zero-order chi connectivity index (χ0) is 22.2. The van der Waals surface area contributed by atoms with Gasteiger partial charge >= 0.3 is 0 Å². The molecule has 0 amide bonds. The highest BCUT2D eigenvalue weighted by Gasteiger charge is 2.30. The lowest BCUT2D eigenvalue weighted by Crippen LogP contribution is -2.57. The first kappa shape index (κ1) is 23.7. The van der Waals surface area contributed by atoms with Gasteiger partial charge in [0, 0.05) is 12.5 Å². The van der Waals surface area contributed by atoms with E-state index in [-0.39, 0.29) is 12.3 Å². The quantitative estimate of drug-likeness (QED) is 0.337. The molecule has 0 aliphatic heterocycles. The summed E-state index contributed by atoms with van der Waals surface area (Å²) in [6.45, 7) is 1.00. The van der Waals surface area contributed by atoms with Crippen LogP contribution in [0, 0.1) is 35.0 Å². The van der Waals surface area contributed by atoms with E-state index >= 15 is 0 Å². The van der Waals surface area contributed by atoms with E-state index in [4.69, 9.17) is 5.73 Å². The van der Waals surface area contributed by atoms with Crippen molar-refractivity contribution in [2.75, 3.05) is 6.54 Å². The Balaban J connectivity index is 1.35. The fourth-order valence-electron chi connectivity index (χ4n) is 6.30. The Bertz CT molecular complexity index is 722. The molecule has 0 aromatic rings. The molecule has 0 aromatic heterocycles. The molecule has 0 radical (unpaired) electrons. The van der Waals surface area contributed by atoms with E-state index in [1.165, 1.54) is 57.8 Å². The number of nitrogens with one attached hydrogen (secondary N) is 2. The molecule has 0 saturated heterocycles. The third kappa shape index (κ3) is 6.56. The lowest BCUT2D eigenvalue weighted by molar-refractivity contribution is 0.217. The van der Waals surface area contributed by atoms with Crippen LogP contribution >= 0.6 is 0 Å². The topological polar surface area (TPSA) is 73.9 Å². The SMILES string of the molecule is N#CC1CCC(C2=CCC(C(NCC3=CCCCC3)NC(N)C3CC=CCC3)CC2)CC1. The van der Waals surface area contributed by atoms with E-state index in [1.54, 1.807) is 11.1 Å². The van der Waals surface area contributed by atoms with Crippen LogP contribution in [0.1, 0.15) is 89.9 Å². The Morgan fingerprint density at radius 2 is 1.81 bits per heavy atom. The largest absolute Gasteiger partial charge is 0.316 e. The Morgan fingerprint density at radius 3 is 2.47 bits per heavy atom. The highest BCUT2D eigenvalue weighted by molar-refractivity contribution is 5.14. The molecular weight excluding hydrogens is 392 g/mol. The fraction of sp³-hybridized carbons (Fsp3) is 0.750. The number of nitriles is 1. The average Bonchev–Trinajstić information content (AvgIpc) is 2.88. The molecule has 176 valence electrons. The summed E-state index contributed by atoms with van der Waals surface area (Å²) in [6, 6.07) is 2.48. The van der Waals surface area contributed by atoms with Crippen molar-refractivity contribution < 1.29 is 0 Å². The smallest absolute Gasteiger partial charge is 0.0655 e. The minimum Gasteiger partial charge on any atom is -0.316 e. The van der Waals surface area contributed by atoms with E-state index in [2.05, 4.69) is 41.0 Å². The molecule has 4 nitrogen and oxygen atoms in total. The van der Waals surface area contributed by atoms with Crippen LogP contribution in [-0.2, 0) is 0 Å². The Hall–Kier alpha value is -1.41. The molecule has 0 bridgehead atoms. The zero-order valence-corrected chi connectivity index (χ0v) is 19.9. The number of hydrogen-bond acceptors (Lipinski definition) is 4. The van der Waals surface area contributed by atoms with Crippen molar-refractivity contribution in [1.29, 1.82) is 5.26 Å². The van der Waals surface area contributed by atoms with Crippen molar-refractivity contribution in [2.45, 2.75) is 102 Å². The number of nitrogens with zero attached hydrogens (tertiary/aromatic N) is 1. The van der Waals surface area contributed by atoms with Gasteiger partial charge in [0.25, 0.3) is 0 Å². The molecule has 1 fully saturated rings. The first-order chi connectivity index (χ1) is 15.7. The molecule has 0 aromatic carbocycles. The second kappa shape index (κ2) is 12.2. The normalized spacial score (nSPS) is 33.0. The van der Waals surface area contributed by atoms with E-state index in [1.807, 2.05) is 0 Å². The number of allylic oxidation sites excluding steroid dienone is 5. The molecule has 4 aliphatic carbocycles. The predicted octanol–water partition coefficient (Wildman–Crippen LogP) is 5.69. The van der Waals surface area contributed by atoms with Gasteiger partial charge in [-0.25, -0.2) is 0 Å². The summed E-state index contributed by atoms with van der Waals surface area (Å²) in [7, 11) is 0. The van der Waals surface area contributed by atoms with Crippen LogP contribution in [0.4, 0.5) is 0 Å². The van der Waals surface area contributed by atoms with Gasteiger partial charge in [-0.3, -0.25) is 10.6 Å². The number of nitrogens with two attached hydrogens (primary N) is 1. The molecule has 4 heteroatoms. The summed E-state index contributed by atoms with van der Waals surface area (Å²) in [5, 5.41) is 16.9. The summed E-state index contributed by atoms with van der Waals surface area (Å²) in [5.41, 5.74) is 9.95. The van der Waals surface area contributed by atoms with Crippen molar-refractivity contribution in [3.05, 3.63) is 35.5 Å². The van der Waals surface area contributed by atoms with Crippen molar-refractivity contribution in [3.8, 4) is 6.07 Å². The fourth-order valence-corrected chi connectivity index (χ4v) is 6.30. The Kier molecular flexibility index (Phi) is 9.02. The highest BCUT2D eigenvalue weighted by atomic mass is 15.2. The molecule has 4 N–H and O–H groups in total. The summed E-state index contributed by atoms with van der Waals surface area (Å²) >= 11 is 0. The molecular formula is C28H44N4. The van der Waals surface area contributed by atoms with Crippen LogP contribution in [0.5, 0.6) is 0 Å². The first-order valence-electron chi connectivity index (χ1n) is 13.4. The second-order valence-electron chi connectivity index (χ2n) is 10.7. The predicted molar refractivity (Wildman–Crippen MR) is 132 cm³/mol. The van der Waals surface area contributed by atoms with Gasteiger partial charge in [0.05, 0.1) is 18.4 Å². The van der Waals surface area contributed by atoms with Gasteiger partial charge in [0.2, 0.25) is 0 Å². The van der Waals surface area contributed by atoms with Gasteiger partial charge in [0.15, 0.2) is 0 Å². The molecule has 4 atom stereocenters. The molecule has 0 spiro atoms. The van der Waals surface area contributed by atoms with Gasteiger partial charge in [-0.05, 0) is 108 Å². The lowest BCUT2D eigenvalue weighted by atomic mass is 9.74. The van der Waals surface area contributed by atoms with E-state index in [9.17, 15) is 5.26 Å². The molecule has 4 rings (SSSR count). The van der Waals surface area contributed by atoms with Crippen LogP contribution in [-0.4, -0.2) is 18.9 Å². The molecule has 1 saturated carbocycles. The molecule has 0 heterocycles. The van der Waals surface area contributed by atoms with Gasteiger partial charge in [0.1, 0.15) is 0 Å². The standard InChI is InChI=1S/C28H44N4/c29-19-21-11-13-23(14-12-21)24-15-17-26(18-16-24)28(31-20-22-7-3-1-4-8-22)32-27(30)25-9-5-2-6-10-25/h2,5,7,15,21,23,25-28,31-32H,1,3-4,6,8-14,16-18,20,30H2. The zero-order valence-electron chi connectivity index (χ0n) is 19.9. The molecule has 4 aliphatic rings. The van der Waals surface area contributed by atoms with Crippen LogP contribution in [0.2, 0.25) is 0 Å². The maximum atomic E-state index is 9.20. The van der Waals surface area contributed by atoms with Crippen molar-refractivity contribution in [1.82, 2.24) is 10.6 Å². The maximum absolute atomic E-state index is 9.20. The Labute approximate surface area is 195 Å². The molecule has 32 heavy (non-hydrogen) atoms. The van der Waals surface area contributed by atoms with Crippen molar-refractivity contribution in [3.63, 3.8) is 0 Å². The summed E-state index contributed by atoms with van der Waals surface area (Å²) < 4.78 is 0. The van der Waals surface area contributed by atoms with E-state index in [0.717, 1.165) is 44.6 Å². The second-order valence-corrected chi connectivity index (χ2v) is 10.7. The number of hydrogen-bond donors (Lipinski definition) is 3. The third-order valence-corrected chi connectivity index (χ3v) is 8.52. The van der Waals surface area contributed by atoms with Gasteiger partial charge in [-0.2, -0.15) is 5.26 Å². The monoisotopic (exact) mass is 436 g/mol. The summed E-state index contributed by atoms with van der Waals surface area (Å²) in [5.74, 6) is 2.17. The third-order valence-electron chi connectivity index (χ3n) is 8.52. The highest BCUT2D eigenvalue weighted by Crippen LogP contribution is 2.38. The van der Waals surface area contributed by atoms with Crippen molar-refractivity contribution in [2.24, 2.45) is 29.4 Å².